The molecule has 0 fully saturated rings. The van der Waals surface area contributed by atoms with Gasteiger partial charge in [-0.3, -0.25) is 0 Å². The summed E-state index contributed by atoms with van der Waals surface area (Å²) in [7, 11) is -2.65. The lowest BCUT2D eigenvalue weighted by atomic mass is 10.3. The summed E-state index contributed by atoms with van der Waals surface area (Å²) < 4.78 is 54.8. The van der Waals surface area contributed by atoms with Crippen molar-refractivity contribution >= 4 is 28.5 Å². The van der Waals surface area contributed by atoms with Crippen LogP contribution in [0.25, 0.3) is 0 Å². The van der Waals surface area contributed by atoms with Gasteiger partial charge in [0.2, 0.25) is 0 Å². The third-order valence-electron chi connectivity index (χ3n) is 4.86. The Morgan fingerprint density at radius 2 is 0.500 bits per heavy atom. The maximum atomic E-state index is 13.7. The number of benzene rings is 4. The lowest BCUT2D eigenvalue weighted by Crippen LogP contribution is -3.00. The van der Waals surface area contributed by atoms with E-state index in [2.05, 4.69) is 0 Å². The third kappa shape index (κ3) is 4.14. The van der Waals surface area contributed by atoms with Gasteiger partial charge in [0, 0.05) is 0 Å². The molecule has 0 aliphatic rings. The minimum atomic E-state index is -2.65. The van der Waals surface area contributed by atoms with Crippen molar-refractivity contribution in [2.45, 2.75) is 0 Å². The SMILES string of the molecule is Fc1ccc([P+](c2ccc(F)cc2)(c2ccc(F)cc2)c2ccc(F)cc2)cc1.[I-]. The predicted octanol–water partition coefficient (Wildman–Crippen LogP) is 1.87. The summed E-state index contributed by atoms with van der Waals surface area (Å²) in [5, 5.41) is 3.18. The number of rotatable bonds is 4. The second-order valence-electron chi connectivity index (χ2n) is 6.58. The fourth-order valence-electron chi connectivity index (χ4n) is 3.55. The highest BCUT2D eigenvalue weighted by atomic mass is 127. The first kappa shape index (κ1) is 22.4. The monoisotopic (exact) mass is 538 g/mol. The Balaban J connectivity index is 0.00000256. The predicted molar refractivity (Wildman–Crippen MR) is 111 cm³/mol. The highest BCUT2D eigenvalue weighted by molar-refractivity contribution is 8.01. The smallest absolute Gasteiger partial charge is 0.144 e. The van der Waals surface area contributed by atoms with Gasteiger partial charge < -0.3 is 24.0 Å². The number of halogens is 5. The minimum Gasteiger partial charge on any atom is -1.00 e. The Kier molecular flexibility index (Phi) is 6.94. The van der Waals surface area contributed by atoms with Crippen molar-refractivity contribution < 1.29 is 41.5 Å². The van der Waals surface area contributed by atoms with Gasteiger partial charge in [0.25, 0.3) is 0 Å². The lowest BCUT2D eigenvalue weighted by Gasteiger charge is -2.27. The normalized spacial score (nSPS) is 11.1. The van der Waals surface area contributed by atoms with Gasteiger partial charge in [-0.15, -0.1) is 0 Å². The summed E-state index contributed by atoms with van der Waals surface area (Å²) >= 11 is 0. The molecule has 6 heteroatoms. The second-order valence-corrected chi connectivity index (χ2v) is 9.98. The molecule has 0 saturated carbocycles. The topological polar surface area (TPSA) is 0 Å². The van der Waals surface area contributed by atoms with Gasteiger partial charge in [0.1, 0.15) is 51.7 Å². The van der Waals surface area contributed by atoms with E-state index in [4.69, 9.17) is 0 Å². The van der Waals surface area contributed by atoms with Crippen LogP contribution in [0.4, 0.5) is 17.6 Å². The molecule has 0 aliphatic carbocycles. The molecule has 4 aromatic rings. The van der Waals surface area contributed by atoms with E-state index >= 15 is 0 Å². The molecular weight excluding hydrogens is 522 g/mol. The van der Waals surface area contributed by atoms with Crippen LogP contribution in [0, 0.1) is 23.3 Å². The zero-order valence-electron chi connectivity index (χ0n) is 15.6. The summed E-state index contributed by atoms with van der Waals surface area (Å²) in [6.45, 7) is 0. The molecule has 0 amide bonds. The molecule has 0 aliphatic heterocycles. The maximum Gasteiger partial charge on any atom is 0.144 e. The van der Waals surface area contributed by atoms with E-state index in [-0.39, 0.29) is 47.2 Å². The van der Waals surface area contributed by atoms with Crippen LogP contribution in [-0.2, 0) is 0 Å². The van der Waals surface area contributed by atoms with Gasteiger partial charge in [-0.1, -0.05) is 0 Å². The molecule has 4 aromatic carbocycles. The lowest BCUT2D eigenvalue weighted by molar-refractivity contribution is -0.00000802. The Bertz CT molecular complexity index is 922. The van der Waals surface area contributed by atoms with Crippen LogP contribution in [-0.4, -0.2) is 0 Å². The van der Waals surface area contributed by atoms with Crippen LogP contribution >= 0.6 is 7.26 Å². The summed E-state index contributed by atoms with van der Waals surface area (Å²) in [6, 6.07) is 24.3. The first-order valence-corrected chi connectivity index (χ1v) is 10.7. The number of hydrogen-bond acceptors (Lipinski definition) is 0. The third-order valence-corrected chi connectivity index (χ3v) is 9.15. The van der Waals surface area contributed by atoms with Crippen LogP contribution in [0.2, 0.25) is 0 Å². The largest absolute Gasteiger partial charge is 1.00 e. The van der Waals surface area contributed by atoms with Crippen molar-refractivity contribution in [2.75, 3.05) is 0 Å². The molecule has 30 heavy (non-hydrogen) atoms. The van der Waals surface area contributed by atoms with E-state index in [0.29, 0.717) is 0 Å². The zero-order chi connectivity index (χ0) is 20.4. The van der Waals surface area contributed by atoms with Crippen molar-refractivity contribution in [3.05, 3.63) is 120 Å². The molecule has 0 nitrogen and oxygen atoms in total. The minimum absolute atomic E-state index is 0. The van der Waals surface area contributed by atoms with Crippen molar-refractivity contribution in [3.63, 3.8) is 0 Å². The van der Waals surface area contributed by atoms with Gasteiger partial charge in [-0.2, -0.15) is 0 Å². The van der Waals surface area contributed by atoms with E-state index in [0.717, 1.165) is 21.2 Å². The molecule has 0 spiro atoms. The molecule has 4 rings (SSSR count). The fraction of sp³-hybridized carbons (Fsp3) is 0. The Hall–Kier alpha value is -2.24. The average Bonchev–Trinajstić information content (AvgIpc) is 2.73. The van der Waals surface area contributed by atoms with Crippen molar-refractivity contribution in [1.29, 1.82) is 0 Å². The molecule has 0 aromatic heterocycles. The van der Waals surface area contributed by atoms with E-state index < -0.39 is 7.26 Å². The quantitative estimate of drug-likeness (QED) is 0.212. The van der Waals surface area contributed by atoms with E-state index in [1.165, 1.54) is 48.5 Å². The molecule has 0 saturated heterocycles. The van der Waals surface area contributed by atoms with Crippen molar-refractivity contribution in [1.82, 2.24) is 0 Å². The highest BCUT2D eigenvalue weighted by Crippen LogP contribution is 2.54. The Morgan fingerprint density at radius 3 is 0.667 bits per heavy atom. The maximum absolute atomic E-state index is 13.7. The van der Waals surface area contributed by atoms with Gasteiger partial charge >= 0.3 is 0 Å². The summed E-state index contributed by atoms with van der Waals surface area (Å²) in [4.78, 5) is 0. The summed E-state index contributed by atoms with van der Waals surface area (Å²) in [6.07, 6.45) is 0. The summed E-state index contributed by atoms with van der Waals surface area (Å²) in [5.74, 6) is -1.54. The first-order chi connectivity index (χ1) is 14.0. The Labute approximate surface area is 189 Å². The average molecular weight is 538 g/mol. The van der Waals surface area contributed by atoms with Crippen LogP contribution in [0.5, 0.6) is 0 Å². The van der Waals surface area contributed by atoms with Crippen LogP contribution in [0.3, 0.4) is 0 Å². The fourth-order valence-corrected chi connectivity index (χ4v) is 7.73. The standard InChI is InChI=1S/C24H16F4P.HI/c25-17-1-9-21(10-2-17)29(22-11-3-18(26)4-12-22,23-13-5-19(27)6-14-23)24-15-7-20(28)8-16-24;/h1-16H;1H/q+1;/p-1. The van der Waals surface area contributed by atoms with E-state index in [9.17, 15) is 17.6 Å². The molecule has 0 atom stereocenters. The molecule has 0 N–H and O–H groups in total. The summed E-state index contributed by atoms with van der Waals surface area (Å²) in [5.41, 5.74) is 0. The number of hydrogen-bond donors (Lipinski definition) is 0. The molecule has 0 radical (unpaired) electrons. The molecule has 152 valence electrons. The van der Waals surface area contributed by atoms with Gasteiger partial charge in [0.15, 0.2) is 0 Å². The van der Waals surface area contributed by atoms with E-state index in [1.54, 1.807) is 48.5 Å². The van der Waals surface area contributed by atoms with Crippen LogP contribution < -0.4 is 45.2 Å². The van der Waals surface area contributed by atoms with Crippen molar-refractivity contribution in [2.24, 2.45) is 0 Å². The zero-order valence-corrected chi connectivity index (χ0v) is 18.6. The Morgan fingerprint density at radius 1 is 0.333 bits per heavy atom. The van der Waals surface area contributed by atoms with Gasteiger partial charge in [-0.25, -0.2) is 17.6 Å². The van der Waals surface area contributed by atoms with Crippen LogP contribution in [0.15, 0.2) is 97.1 Å². The van der Waals surface area contributed by atoms with Gasteiger partial charge in [0.05, 0.1) is 0 Å². The molecular formula is C24H16F4IP. The molecule has 0 heterocycles. The van der Waals surface area contributed by atoms with Crippen LogP contribution in [0.1, 0.15) is 0 Å². The molecule has 0 bridgehead atoms. The first-order valence-electron chi connectivity index (χ1n) is 8.94. The molecule has 0 unspecified atom stereocenters. The highest BCUT2D eigenvalue weighted by Gasteiger charge is 2.48. The van der Waals surface area contributed by atoms with Gasteiger partial charge in [-0.05, 0) is 97.1 Å². The second kappa shape index (κ2) is 9.27. The van der Waals surface area contributed by atoms with Crippen molar-refractivity contribution in [3.8, 4) is 0 Å². The van der Waals surface area contributed by atoms with E-state index in [1.807, 2.05) is 0 Å².